The van der Waals surface area contributed by atoms with Crippen LogP contribution in [0.2, 0.25) is 0 Å². The van der Waals surface area contributed by atoms with Gasteiger partial charge in [0.15, 0.2) is 0 Å². The zero-order valence-electron chi connectivity index (χ0n) is 18.3. The number of allylic oxidation sites excluding steroid dienone is 2. The third-order valence-corrected chi connectivity index (χ3v) is 6.44. The standard InChI is InChI=1S/C26H21N7/c1-26(2,15-27)19-6-3-16(4-7-19)25-24-21-12-17(5-8-22(21)28-14-23(24)30-31-25)18-9-10-33-20(11-18)13-29-32-33/h3-12,14,20H,13H2,1-2H3,(H,30,31). The number of nitrogens with zero attached hydrogens (tertiary/aromatic N) is 6. The predicted octanol–water partition coefficient (Wildman–Crippen LogP) is 5.54. The summed E-state index contributed by atoms with van der Waals surface area (Å²) in [6.45, 7) is 4.53. The lowest BCUT2D eigenvalue weighted by atomic mass is 9.86. The Morgan fingerprint density at radius 2 is 1.94 bits per heavy atom. The molecule has 7 nitrogen and oxygen atoms in total. The highest BCUT2D eigenvalue weighted by Crippen LogP contribution is 2.35. The van der Waals surface area contributed by atoms with Gasteiger partial charge in [-0.15, -0.1) is 0 Å². The maximum atomic E-state index is 9.45. The summed E-state index contributed by atoms with van der Waals surface area (Å²) in [6.07, 6.45) is 8.09. The van der Waals surface area contributed by atoms with Gasteiger partial charge in [-0.05, 0) is 48.8 Å². The lowest BCUT2D eigenvalue weighted by molar-refractivity contribution is 0.377. The van der Waals surface area contributed by atoms with Crippen LogP contribution in [-0.4, -0.2) is 32.8 Å². The van der Waals surface area contributed by atoms with E-state index in [2.05, 4.69) is 61.9 Å². The second-order valence-electron chi connectivity index (χ2n) is 8.96. The first-order valence-electron chi connectivity index (χ1n) is 10.9. The molecule has 1 N–H and O–H groups in total. The van der Waals surface area contributed by atoms with Gasteiger partial charge in [0.25, 0.3) is 0 Å². The molecule has 7 heteroatoms. The van der Waals surface area contributed by atoms with E-state index in [1.165, 1.54) is 0 Å². The smallest absolute Gasteiger partial charge is 0.101 e. The van der Waals surface area contributed by atoms with Crippen LogP contribution in [-0.2, 0) is 5.41 Å². The molecular formula is C26H21N7. The summed E-state index contributed by atoms with van der Waals surface area (Å²) in [5, 5.41) is 29.4. The topological polar surface area (TPSA) is 93.3 Å². The summed E-state index contributed by atoms with van der Waals surface area (Å²) in [4.78, 5) is 4.63. The van der Waals surface area contributed by atoms with Crippen molar-refractivity contribution in [2.75, 3.05) is 6.54 Å². The van der Waals surface area contributed by atoms with Crippen molar-refractivity contribution in [3.8, 4) is 17.3 Å². The number of benzene rings is 2. The van der Waals surface area contributed by atoms with Gasteiger partial charge < -0.3 is 0 Å². The van der Waals surface area contributed by atoms with Gasteiger partial charge in [0.1, 0.15) is 5.69 Å². The summed E-state index contributed by atoms with van der Waals surface area (Å²) < 4.78 is 0. The number of nitriles is 1. The average Bonchev–Trinajstić information content (AvgIpc) is 3.50. The van der Waals surface area contributed by atoms with E-state index < -0.39 is 5.41 Å². The van der Waals surface area contributed by atoms with Gasteiger partial charge in [-0.2, -0.15) is 15.5 Å². The molecule has 0 saturated carbocycles. The zero-order valence-corrected chi connectivity index (χ0v) is 18.3. The van der Waals surface area contributed by atoms with Crippen LogP contribution < -0.4 is 0 Å². The quantitative estimate of drug-likeness (QED) is 0.461. The minimum absolute atomic E-state index is 0.176. The van der Waals surface area contributed by atoms with Crippen molar-refractivity contribution in [1.29, 1.82) is 5.26 Å². The first kappa shape index (κ1) is 19.4. The minimum atomic E-state index is -0.533. The van der Waals surface area contributed by atoms with Gasteiger partial charge in [-0.25, -0.2) is 5.01 Å². The Morgan fingerprint density at radius 1 is 1.12 bits per heavy atom. The number of H-pyrrole nitrogens is 1. The Balaban J connectivity index is 1.48. The van der Waals surface area contributed by atoms with Crippen molar-refractivity contribution >= 4 is 27.4 Å². The molecule has 0 aliphatic carbocycles. The van der Waals surface area contributed by atoms with Crippen LogP contribution in [0.4, 0.5) is 0 Å². The predicted molar refractivity (Wildman–Crippen MR) is 128 cm³/mol. The molecule has 1 unspecified atom stereocenters. The molecule has 0 saturated heterocycles. The molecule has 4 aromatic rings. The van der Waals surface area contributed by atoms with E-state index in [0.717, 1.165) is 49.8 Å². The Labute approximate surface area is 190 Å². The van der Waals surface area contributed by atoms with E-state index in [9.17, 15) is 5.26 Å². The Bertz CT molecular complexity index is 1530. The van der Waals surface area contributed by atoms with Crippen molar-refractivity contribution in [1.82, 2.24) is 20.2 Å². The Kier molecular flexibility index (Phi) is 4.17. The lowest BCUT2D eigenvalue weighted by Gasteiger charge is -2.20. The fraction of sp³-hybridized carbons (Fsp3) is 0.192. The summed E-state index contributed by atoms with van der Waals surface area (Å²) in [5.74, 6) is 0. The minimum Gasteiger partial charge on any atom is -0.276 e. The fourth-order valence-electron chi connectivity index (χ4n) is 4.43. The molecule has 0 spiro atoms. The molecular weight excluding hydrogens is 410 g/mol. The van der Waals surface area contributed by atoms with Gasteiger partial charge in [0.05, 0.1) is 41.3 Å². The van der Waals surface area contributed by atoms with Gasteiger partial charge in [0.2, 0.25) is 0 Å². The average molecular weight is 432 g/mol. The van der Waals surface area contributed by atoms with Crippen LogP contribution in [0.3, 0.4) is 0 Å². The van der Waals surface area contributed by atoms with Crippen molar-refractivity contribution in [3.05, 3.63) is 78.1 Å². The fourth-order valence-corrected chi connectivity index (χ4v) is 4.43. The van der Waals surface area contributed by atoms with Crippen molar-refractivity contribution in [2.24, 2.45) is 10.3 Å². The van der Waals surface area contributed by atoms with Gasteiger partial charge in [-0.1, -0.05) is 41.6 Å². The molecule has 2 aromatic carbocycles. The number of fused-ring (bicyclic) bond motifs is 4. The molecule has 6 rings (SSSR count). The molecule has 1 atom stereocenters. The SMILES string of the molecule is CC(C)(C#N)c1ccc(-c2n[nH]c3cnc4ccc(C5=CC6CN=NN6C=C5)cc4c23)cc1. The van der Waals surface area contributed by atoms with Crippen LogP contribution in [0.25, 0.3) is 38.6 Å². The number of aromatic nitrogens is 3. The molecule has 2 aliphatic heterocycles. The number of nitrogens with one attached hydrogen (secondary N) is 1. The van der Waals surface area contributed by atoms with E-state index in [1.807, 2.05) is 55.5 Å². The van der Waals surface area contributed by atoms with Crippen LogP contribution in [0, 0.1) is 11.3 Å². The molecule has 0 radical (unpaired) electrons. The number of hydrogen-bond donors (Lipinski definition) is 1. The van der Waals surface area contributed by atoms with E-state index in [1.54, 1.807) is 0 Å². The maximum absolute atomic E-state index is 9.45. The summed E-state index contributed by atoms with van der Waals surface area (Å²) >= 11 is 0. The molecule has 0 amide bonds. The van der Waals surface area contributed by atoms with Gasteiger partial charge >= 0.3 is 0 Å². The monoisotopic (exact) mass is 431 g/mol. The molecule has 0 fully saturated rings. The normalized spacial score (nSPS) is 17.4. The summed E-state index contributed by atoms with van der Waals surface area (Å²) in [5.41, 5.74) is 6.41. The number of hydrogen-bond acceptors (Lipinski definition) is 6. The van der Waals surface area contributed by atoms with Crippen molar-refractivity contribution in [2.45, 2.75) is 25.3 Å². The van der Waals surface area contributed by atoms with E-state index in [4.69, 9.17) is 0 Å². The van der Waals surface area contributed by atoms with Crippen LogP contribution >= 0.6 is 0 Å². The second kappa shape index (κ2) is 7.10. The molecule has 2 aliphatic rings. The van der Waals surface area contributed by atoms with E-state index >= 15 is 0 Å². The van der Waals surface area contributed by atoms with Crippen LogP contribution in [0.15, 0.2) is 77.4 Å². The first-order chi connectivity index (χ1) is 16.0. The van der Waals surface area contributed by atoms with Gasteiger partial charge in [-0.3, -0.25) is 10.1 Å². The first-order valence-corrected chi connectivity index (χ1v) is 10.9. The number of aromatic amines is 1. The second-order valence-corrected chi connectivity index (χ2v) is 8.96. The van der Waals surface area contributed by atoms with E-state index in [-0.39, 0.29) is 6.04 Å². The highest BCUT2D eigenvalue weighted by Gasteiger charge is 2.23. The summed E-state index contributed by atoms with van der Waals surface area (Å²) in [6, 6.07) is 17.0. The van der Waals surface area contributed by atoms with Crippen molar-refractivity contribution in [3.63, 3.8) is 0 Å². The molecule has 33 heavy (non-hydrogen) atoms. The summed E-state index contributed by atoms with van der Waals surface area (Å²) in [7, 11) is 0. The third-order valence-electron chi connectivity index (χ3n) is 6.44. The van der Waals surface area contributed by atoms with E-state index in [0.29, 0.717) is 6.54 Å². The van der Waals surface area contributed by atoms with Crippen LogP contribution in [0.1, 0.15) is 25.0 Å². The number of rotatable bonds is 3. The molecule has 4 heterocycles. The maximum Gasteiger partial charge on any atom is 0.101 e. The molecule has 2 aromatic heterocycles. The molecule has 0 bridgehead atoms. The Morgan fingerprint density at radius 3 is 2.76 bits per heavy atom. The third kappa shape index (κ3) is 3.11. The number of pyridine rings is 1. The van der Waals surface area contributed by atoms with Gasteiger partial charge in [0, 0.05) is 22.5 Å². The largest absolute Gasteiger partial charge is 0.276 e. The Hall–Kier alpha value is -4.31. The highest BCUT2D eigenvalue weighted by atomic mass is 15.6. The highest BCUT2D eigenvalue weighted by molar-refractivity contribution is 6.11. The zero-order chi connectivity index (χ0) is 22.6. The van der Waals surface area contributed by atoms with Crippen LogP contribution in [0.5, 0.6) is 0 Å². The molecule has 160 valence electrons. The van der Waals surface area contributed by atoms with Crippen molar-refractivity contribution < 1.29 is 0 Å². The lowest BCUT2D eigenvalue weighted by Crippen LogP contribution is -2.24.